The van der Waals surface area contributed by atoms with Gasteiger partial charge in [-0.25, -0.2) is 4.79 Å². The maximum atomic E-state index is 10.3. The first-order valence-electron chi connectivity index (χ1n) is 3.70. The molecule has 0 aromatic heterocycles. The largest absolute Gasteiger partial charge is 0.511 e. The van der Waals surface area contributed by atoms with Crippen molar-refractivity contribution in [3.63, 3.8) is 0 Å². The molecule has 0 aromatic carbocycles. The van der Waals surface area contributed by atoms with E-state index in [0.29, 0.717) is 6.42 Å². The molecule has 0 aliphatic carbocycles. The van der Waals surface area contributed by atoms with Crippen molar-refractivity contribution in [2.75, 3.05) is 0 Å². The molecule has 0 amide bonds. The molecule has 3 nitrogen and oxygen atoms in total. The van der Waals surface area contributed by atoms with Crippen LogP contribution in [0.5, 0.6) is 0 Å². The molecule has 0 aliphatic heterocycles. The van der Waals surface area contributed by atoms with E-state index in [1.807, 2.05) is 13.8 Å². The maximum Gasteiger partial charge on any atom is 0.334 e. The molecule has 0 heterocycles. The van der Waals surface area contributed by atoms with E-state index in [4.69, 9.17) is 5.11 Å². The summed E-state index contributed by atoms with van der Waals surface area (Å²) in [6.45, 7) is 5.17. The van der Waals surface area contributed by atoms with Crippen molar-refractivity contribution in [1.82, 2.24) is 0 Å². The number of allylic oxidation sites excluding steroid dienone is 2. The third kappa shape index (κ3) is 3.81. The molecule has 0 aliphatic rings. The van der Waals surface area contributed by atoms with Crippen LogP contribution in [0, 0.1) is 0 Å². The van der Waals surface area contributed by atoms with Crippen LogP contribution in [0.2, 0.25) is 0 Å². The Bertz CT molecular complexity index is 232. The molecular formula is C9H14O3. The first-order valence-corrected chi connectivity index (χ1v) is 3.70. The van der Waals surface area contributed by atoms with Gasteiger partial charge in [0.15, 0.2) is 0 Å². The van der Waals surface area contributed by atoms with Crippen LogP contribution >= 0.6 is 0 Å². The van der Waals surface area contributed by atoms with Crippen molar-refractivity contribution >= 4 is 5.97 Å². The number of aliphatic hydroxyl groups excluding tert-OH is 1. The van der Waals surface area contributed by atoms with Crippen molar-refractivity contribution in [2.24, 2.45) is 0 Å². The molecule has 0 rings (SSSR count). The molecule has 0 fully saturated rings. The Morgan fingerprint density at radius 1 is 1.25 bits per heavy atom. The Kier molecular flexibility index (Phi) is 4.11. The normalized spacial score (nSPS) is 11.9. The van der Waals surface area contributed by atoms with Crippen molar-refractivity contribution in [3.8, 4) is 0 Å². The van der Waals surface area contributed by atoms with Crippen molar-refractivity contribution < 1.29 is 15.0 Å². The highest BCUT2D eigenvalue weighted by molar-refractivity contribution is 5.86. The smallest absolute Gasteiger partial charge is 0.334 e. The van der Waals surface area contributed by atoms with E-state index in [0.717, 1.165) is 5.57 Å². The monoisotopic (exact) mass is 170 g/mol. The Hall–Kier alpha value is -1.25. The molecule has 68 valence electrons. The zero-order chi connectivity index (χ0) is 9.72. The van der Waals surface area contributed by atoms with E-state index in [9.17, 15) is 9.90 Å². The third-order valence-electron chi connectivity index (χ3n) is 1.46. The predicted molar refractivity (Wildman–Crippen MR) is 47.0 cm³/mol. The zero-order valence-electron chi connectivity index (χ0n) is 7.59. The molecule has 0 radical (unpaired) electrons. The van der Waals surface area contributed by atoms with Crippen molar-refractivity contribution in [2.45, 2.75) is 27.2 Å². The van der Waals surface area contributed by atoms with Gasteiger partial charge in [0.05, 0.1) is 5.57 Å². The van der Waals surface area contributed by atoms with Crippen LogP contribution in [-0.4, -0.2) is 16.2 Å². The highest BCUT2D eigenvalue weighted by Gasteiger charge is 2.05. The first-order chi connectivity index (χ1) is 5.45. The average molecular weight is 170 g/mol. The predicted octanol–water partition coefficient (Wildman–Crippen LogP) is 2.26. The van der Waals surface area contributed by atoms with Gasteiger partial charge in [-0.2, -0.15) is 0 Å². The Morgan fingerprint density at radius 3 is 2.08 bits per heavy atom. The Balaban J connectivity index is 4.38. The summed E-state index contributed by atoms with van der Waals surface area (Å²) in [7, 11) is 0. The van der Waals surface area contributed by atoms with Crippen LogP contribution < -0.4 is 0 Å². The summed E-state index contributed by atoms with van der Waals surface area (Å²) in [6.07, 6.45) is 2.07. The van der Waals surface area contributed by atoms with E-state index in [2.05, 4.69) is 0 Å². The van der Waals surface area contributed by atoms with E-state index < -0.39 is 5.97 Å². The molecule has 3 heteroatoms. The van der Waals surface area contributed by atoms with Gasteiger partial charge in [-0.1, -0.05) is 11.6 Å². The summed E-state index contributed by atoms with van der Waals surface area (Å²) in [6, 6.07) is 0. The van der Waals surface area contributed by atoms with Gasteiger partial charge >= 0.3 is 5.97 Å². The lowest BCUT2D eigenvalue weighted by Gasteiger charge is -1.98. The fraction of sp³-hybridized carbons (Fsp3) is 0.444. The third-order valence-corrected chi connectivity index (χ3v) is 1.46. The molecule has 0 saturated carbocycles. The van der Waals surface area contributed by atoms with Gasteiger partial charge in [0.1, 0.15) is 5.76 Å². The number of rotatable bonds is 3. The van der Waals surface area contributed by atoms with Crippen LogP contribution in [0.15, 0.2) is 23.0 Å². The lowest BCUT2D eigenvalue weighted by Crippen LogP contribution is -2.00. The van der Waals surface area contributed by atoms with Gasteiger partial charge in [0.2, 0.25) is 0 Å². The van der Waals surface area contributed by atoms with Gasteiger partial charge < -0.3 is 10.2 Å². The number of carboxylic acids is 1. The number of aliphatic hydroxyl groups is 1. The molecular weight excluding hydrogens is 156 g/mol. The lowest BCUT2D eigenvalue weighted by molar-refractivity contribution is -0.132. The summed E-state index contributed by atoms with van der Waals surface area (Å²) in [5.74, 6) is -1.15. The van der Waals surface area contributed by atoms with E-state index in [1.54, 1.807) is 6.08 Å². The van der Waals surface area contributed by atoms with Gasteiger partial charge in [-0.05, 0) is 20.8 Å². The number of hydrogen-bond acceptors (Lipinski definition) is 2. The SMILES string of the molecule is CC(C)=CC/C(O)=C(\C)C(=O)O. The summed E-state index contributed by atoms with van der Waals surface area (Å²) < 4.78 is 0. The highest BCUT2D eigenvalue weighted by atomic mass is 16.4. The minimum absolute atomic E-state index is 0.00694. The molecule has 0 aromatic rings. The minimum atomic E-state index is -1.07. The van der Waals surface area contributed by atoms with Gasteiger partial charge in [0, 0.05) is 6.42 Å². The maximum absolute atomic E-state index is 10.3. The average Bonchev–Trinajstić information content (AvgIpc) is 1.98. The topological polar surface area (TPSA) is 57.5 Å². The Labute approximate surface area is 72.0 Å². The summed E-state index contributed by atoms with van der Waals surface area (Å²) >= 11 is 0. The second kappa shape index (κ2) is 4.59. The fourth-order valence-corrected chi connectivity index (χ4v) is 0.577. The standard InChI is InChI=1S/C9H14O3/c1-6(2)4-5-8(10)7(3)9(11)12/h4,10H,5H2,1-3H3,(H,11,12)/b8-7-. The van der Waals surface area contributed by atoms with Crippen molar-refractivity contribution in [1.29, 1.82) is 0 Å². The van der Waals surface area contributed by atoms with Gasteiger partial charge in [0.25, 0.3) is 0 Å². The molecule has 2 N–H and O–H groups in total. The molecule has 12 heavy (non-hydrogen) atoms. The fourth-order valence-electron chi connectivity index (χ4n) is 0.577. The molecule has 0 saturated heterocycles. The van der Waals surface area contributed by atoms with Crippen LogP contribution in [0.3, 0.4) is 0 Å². The summed E-state index contributed by atoms with van der Waals surface area (Å²) in [5.41, 5.74) is 1.06. The first kappa shape index (κ1) is 10.8. The summed E-state index contributed by atoms with van der Waals surface area (Å²) in [4.78, 5) is 10.3. The van der Waals surface area contributed by atoms with E-state index >= 15 is 0 Å². The number of carboxylic acid groups (broad SMARTS) is 1. The summed E-state index contributed by atoms with van der Waals surface area (Å²) in [5, 5.41) is 17.7. The molecule has 0 bridgehead atoms. The van der Waals surface area contributed by atoms with Crippen LogP contribution in [0.4, 0.5) is 0 Å². The number of carbonyl (C=O) groups is 1. The molecule has 0 unspecified atom stereocenters. The number of hydrogen-bond donors (Lipinski definition) is 2. The molecule has 0 atom stereocenters. The second-order valence-corrected chi connectivity index (χ2v) is 2.86. The quantitative estimate of drug-likeness (QED) is 0.388. The lowest BCUT2D eigenvalue weighted by atomic mass is 10.2. The van der Waals surface area contributed by atoms with E-state index in [-0.39, 0.29) is 11.3 Å². The zero-order valence-corrected chi connectivity index (χ0v) is 7.59. The minimum Gasteiger partial charge on any atom is -0.511 e. The highest BCUT2D eigenvalue weighted by Crippen LogP contribution is 2.07. The Morgan fingerprint density at radius 2 is 1.75 bits per heavy atom. The number of aliphatic carboxylic acids is 1. The van der Waals surface area contributed by atoms with E-state index in [1.165, 1.54) is 6.92 Å². The van der Waals surface area contributed by atoms with Gasteiger partial charge in [-0.15, -0.1) is 0 Å². The molecule has 0 spiro atoms. The van der Waals surface area contributed by atoms with Crippen LogP contribution in [-0.2, 0) is 4.79 Å². The van der Waals surface area contributed by atoms with Crippen LogP contribution in [0.1, 0.15) is 27.2 Å². The van der Waals surface area contributed by atoms with Crippen LogP contribution in [0.25, 0.3) is 0 Å². The second-order valence-electron chi connectivity index (χ2n) is 2.86. The van der Waals surface area contributed by atoms with Gasteiger partial charge in [-0.3, -0.25) is 0 Å². The van der Waals surface area contributed by atoms with Crippen molar-refractivity contribution in [3.05, 3.63) is 23.0 Å².